The van der Waals surface area contributed by atoms with Crippen LogP contribution < -0.4 is 4.90 Å². The van der Waals surface area contributed by atoms with E-state index in [2.05, 4.69) is 54.3 Å². The van der Waals surface area contributed by atoms with E-state index >= 15 is 0 Å². The van der Waals surface area contributed by atoms with Crippen molar-refractivity contribution in [1.29, 1.82) is 0 Å². The summed E-state index contributed by atoms with van der Waals surface area (Å²) in [4.78, 5) is 7.32. The molecule has 30 heavy (non-hydrogen) atoms. The van der Waals surface area contributed by atoms with Crippen molar-refractivity contribution < 1.29 is 5.11 Å². The van der Waals surface area contributed by atoms with E-state index in [4.69, 9.17) is 10.1 Å². The average Bonchev–Trinajstić information content (AvgIpc) is 3.37. The van der Waals surface area contributed by atoms with Crippen LogP contribution in [0, 0.1) is 13.8 Å². The first-order chi connectivity index (χ1) is 14.7. The number of benzene rings is 2. The molecule has 0 saturated carbocycles. The molecule has 3 heterocycles. The van der Waals surface area contributed by atoms with Crippen LogP contribution in [0.5, 0.6) is 0 Å². The van der Waals surface area contributed by atoms with Crippen molar-refractivity contribution in [3.05, 3.63) is 71.9 Å². The predicted molar refractivity (Wildman–Crippen MR) is 121 cm³/mol. The van der Waals surface area contributed by atoms with Gasteiger partial charge in [0.05, 0.1) is 24.0 Å². The average molecular weight is 399 g/mol. The molecule has 1 N–H and O–H groups in total. The Kier molecular flexibility index (Phi) is 4.75. The standard InChI is InChI=1S/C25H26N4O/c1-17-8-6-11-20(14-17)22-15-23(28-13-7-12-21(28)16-30)26-25-24(18(2)27-29(22)25)19-9-4-3-5-10-19/h3-6,8-11,14-15,21,30H,7,12-13,16H2,1-2H3/t21-/m0/s1. The number of aliphatic hydroxyl groups is 1. The largest absolute Gasteiger partial charge is 0.394 e. The van der Waals surface area contributed by atoms with Gasteiger partial charge in [0, 0.05) is 23.7 Å². The number of nitrogens with zero attached hydrogens (tertiary/aromatic N) is 4. The summed E-state index contributed by atoms with van der Waals surface area (Å²) in [6.07, 6.45) is 2.06. The van der Waals surface area contributed by atoms with Crippen LogP contribution in [0.2, 0.25) is 0 Å². The second-order valence-electron chi connectivity index (χ2n) is 8.10. The number of aromatic nitrogens is 3. The third kappa shape index (κ3) is 3.15. The highest BCUT2D eigenvalue weighted by molar-refractivity contribution is 5.83. The Morgan fingerprint density at radius 1 is 1.00 bits per heavy atom. The van der Waals surface area contributed by atoms with Gasteiger partial charge >= 0.3 is 0 Å². The van der Waals surface area contributed by atoms with Gasteiger partial charge < -0.3 is 10.0 Å². The lowest BCUT2D eigenvalue weighted by Gasteiger charge is -2.25. The predicted octanol–water partition coefficient (Wildman–Crippen LogP) is 4.64. The lowest BCUT2D eigenvalue weighted by atomic mass is 10.1. The molecular weight excluding hydrogens is 372 g/mol. The number of fused-ring (bicyclic) bond motifs is 1. The SMILES string of the molecule is Cc1cccc(-c2cc(N3CCC[C@H]3CO)nc3c(-c4ccccc4)c(C)nn23)c1. The van der Waals surface area contributed by atoms with E-state index in [1.807, 2.05) is 29.6 Å². The van der Waals surface area contributed by atoms with E-state index in [0.29, 0.717) is 0 Å². The maximum Gasteiger partial charge on any atom is 0.166 e. The fourth-order valence-electron chi connectivity index (χ4n) is 4.54. The minimum absolute atomic E-state index is 0.120. The highest BCUT2D eigenvalue weighted by atomic mass is 16.3. The van der Waals surface area contributed by atoms with E-state index in [1.54, 1.807) is 0 Å². The van der Waals surface area contributed by atoms with E-state index in [-0.39, 0.29) is 12.6 Å². The fraction of sp³-hybridized carbons (Fsp3) is 0.280. The van der Waals surface area contributed by atoms with E-state index in [0.717, 1.165) is 58.9 Å². The summed E-state index contributed by atoms with van der Waals surface area (Å²) in [6, 6.07) is 21.1. The van der Waals surface area contributed by atoms with Crippen LogP contribution in [-0.4, -0.2) is 38.9 Å². The number of anilines is 1. The van der Waals surface area contributed by atoms with Gasteiger partial charge in [0.1, 0.15) is 5.82 Å². The van der Waals surface area contributed by atoms with Gasteiger partial charge in [-0.3, -0.25) is 0 Å². The molecule has 152 valence electrons. The van der Waals surface area contributed by atoms with Crippen molar-refractivity contribution in [3.8, 4) is 22.4 Å². The van der Waals surface area contributed by atoms with E-state index in [9.17, 15) is 5.11 Å². The molecule has 0 radical (unpaired) electrons. The Morgan fingerprint density at radius 3 is 2.57 bits per heavy atom. The monoisotopic (exact) mass is 398 g/mol. The molecule has 5 rings (SSSR count). The zero-order valence-electron chi connectivity index (χ0n) is 17.4. The van der Waals surface area contributed by atoms with Gasteiger partial charge in [-0.2, -0.15) is 5.10 Å². The molecule has 4 aromatic rings. The summed E-state index contributed by atoms with van der Waals surface area (Å²) in [5, 5.41) is 14.8. The van der Waals surface area contributed by atoms with Crippen LogP contribution >= 0.6 is 0 Å². The maximum absolute atomic E-state index is 9.88. The van der Waals surface area contributed by atoms with Crippen LogP contribution in [0.4, 0.5) is 5.82 Å². The molecule has 1 fully saturated rings. The number of rotatable bonds is 4. The summed E-state index contributed by atoms with van der Waals surface area (Å²) in [7, 11) is 0. The quantitative estimate of drug-likeness (QED) is 0.544. The second-order valence-corrected chi connectivity index (χ2v) is 8.10. The van der Waals surface area contributed by atoms with Crippen molar-refractivity contribution >= 4 is 11.5 Å². The molecular formula is C25H26N4O. The first kappa shape index (κ1) is 18.8. The van der Waals surface area contributed by atoms with Crippen molar-refractivity contribution in [2.75, 3.05) is 18.1 Å². The highest BCUT2D eigenvalue weighted by Crippen LogP contribution is 2.34. The smallest absolute Gasteiger partial charge is 0.166 e. The van der Waals surface area contributed by atoms with Crippen LogP contribution in [0.25, 0.3) is 28.0 Å². The lowest BCUT2D eigenvalue weighted by Crippen LogP contribution is -2.32. The number of aryl methyl sites for hydroxylation is 2. The molecule has 2 aromatic carbocycles. The van der Waals surface area contributed by atoms with E-state index < -0.39 is 0 Å². The molecule has 0 aliphatic carbocycles. The summed E-state index contributed by atoms with van der Waals surface area (Å²) in [5.74, 6) is 0.910. The Labute approximate surface area is 176 Å². The summed E-state index contributed by atoms with van der Waals surface area (Å²) in [5.41, 5.74) is 7.34. The van der Waals surface area contributed by atoms with Crippen LogP contribution in [-0.2, 0) is 0 Å². The Hall–Kier alpha value is -3.18. The van der Waals surface area contributed by atoms with Crippen LogP contribution in [0.15, 0.2) is 60.7 Å². The molecule has 1 aliphatic heterocycles. The molecule has 1 saturated heterocycles. The van der Waals surface area contributed by atoms with Crippen molar-refractivity contribution in [1.82, 2.24) is 14.6 Å². The summed E-state index contributed by atoms with van der Waals surface area (Å²) >= 11 is 0. The van der Waals surface area contributed by atoms with Gasteiger partial charge in [0.2, 0.25) is 0 Å². The zero-order chi connectivity index (χ0) is 20.7. The first-order valence-corrected chi connectivity index (χ1v) is 10.6. The normalized spacial score (nSPS) is 16.5. The van der Waals surface area contributed by atoms with Gasteiger partial charge in [-0.25, -0.2) is 9.50 Å². The number of aliphatic hydroxyl groups excluding tert-OH is 1. The van der Waals surface area contributed by atoms with Gasteiger partial charge in [0.25, 0.3) is 0 Å². The number of hydrogen-bond donors (Lipinski definition) is 1. The van der Waals surface area contributed by atoms with Crippen LogP contribution in [0.3, 0.4) is 0 Å². The molecule has 0 amide bonds. The Morgan fingerprint density at radius 2 is 1.80 bits per heavy atom. The molecule has 0 unspecified atom stereocenters. The minimum Gasteiger partial charge on any atom is -0.394 e. The number of hydrogen-bond acceptors (Lipinski definition) is 4. The first-order valence-electron chi connectivity index (χ1n) is 10.6. The molecule has 1 aliphatic rings. The summed E-state index contributed by atoms with van der Waals surface area (Å²) < 4.78 is 1.97. The Balaban J connectivity index is 1.80. The lowest BCUT2D eigenvalue weighted by molar-refractivity contribution is 0.266. The van der Waals surface area contributed by atoms with Gasteiger partial charge in [-0.05, 0) is 38.3 Å². The van der Waals surface area contributed by atoms with Gasteiger partial charge in [-0.1, -0.05) is 54.1 Å². The van der Waals surface area contributed by atoms with Crippen molar-refractivity contribution in [3.63, 3.8) is 0 Å². The van der Waals surface area contributed by atoms with Crippen LogP contribution in [0.1, 0.15) is 24.1 Å². The zero-order valence-corrected chi connectivity index (χ0v) is 17.4. The topological polar surface area (TPSA) is 53.7 Å². The fourth-order valence-corrected chi connectivity index (χ4v) is 4.54. The molecule has 5 heteroatoms. The minimum atomic E-state index is 0.120. The third-order valence-corrected chi connectivity index (χ3v) is 6.01. The molecule has 5 nitrogen and oxygen atoms in total. The van der Waals surface area contributed by atoms with Gasteiger partial charge in [-0.15, -0.1) is 0 Å². The maximum atomic E-state index is 9.88. The molecule has 0 spiro atoms. The second kappa shape index (κ2) is 7.58. The van der Waals surface area contributed by atoms with Crippen molar-refractivity contribution in [2.24, 2.45) is 0 Å². The highest BCUT2D eigenvalue weighted by Gasteiger charge is 2.27. The molecule has 0 bridgehead atoms. The van der Waals surface area contributed by atoms with Gasteiger partial charge in [0.15, 0.2) is 5.65 Å². The summed E-state index contributed by atoms with van der Waals surface area (Å²) in [6.45, 7) is 5.21. The molecule has 1 atom stereocenters. The van der Waals surface area contributed by atoms with E-state index in [1.165, 1.54) is 5.56 Å². The Bertz CT molecular complexity index is 1200. The van der Waals surface area contributed by atoms with Crippen molar-refractivity contribution in [2.45, 2.75) is 32.7 Å². The molecule has 2 aromatic heterocycles. The third-order valence-electron chi connectivity index (χ3n) is 6.01.